The number of nitrogens with one attached hydrogen (secondary N) is 1. The molecule has 0 atom stereocenters. The molecule has 1 heterocycles. The van der Waals surface area contributed by atoms with Gasteiger partial charge in [-0.15, -0.1) is 11.3 Å². The first-order valence-corrected chi connectivity index (χ1v) is 7.72. The molecule has 1 aromatic heterocycles. The molecule has 6 heteroatoms. The Bertz CT molecular complexity index is 617. The first kappa shape index (κ1) is 15.0. The standard InChI is InChI=1S/C14H15BrN2O2S/c1-8-4-9(2)13(11(15)5-8)17-14-16-10(7-20-14)6-12(18)19-3/h4-5,7H,6H2,1-3H3,(H,16,17). The molecule has 1 N–H and O–H groups in total. The molecule has 0 saturated heterocycles. The van der Waals surface area contributed by atoms with E-state index < -0.39 is 0 Å². The fourth-order valence-electron chi connectivity index (χ4n) is 1.85. The van der Waals surface area contributed by atoms with Crippen LogP contribution in [0.15, 0.2) is 22.0 Å². The summed E-state index contributed by atoms with van der Waals surface area (Å²) in [7, 11) is 1.38. The van der Waals surface area contributed by atoms with Gasteiger partial charge < -0.3 is 10.1 Å². The highest BCUT2D eigenvalue weighted by atomic mass is 79.9. The molecule has 0 bridgehead atoms. The molecule has 0 aliphatic rings. The van der Waals surface area contributed by atoms with E-state index in [4.69, 9.17) is 0 Å². The SMILES string of the molecule is COC(=O)Cc1csc(Nc2c(C)cc(C)cc2Br)n1. The molecule has 2 rings (SSSR count). The molecule has 106 valence electrons. The predicted octanol–water partition coefficient (Wildman–Crippen LogP) is 3.98. The average molecular weight is 355 g/mol. The number of aromatic nitrogens is 1. The smallest absolute Gasteiger partial charge is 0.311 e. The van der Waals surface area contributed by atoms with Crippen LogP contribution in [0.25, 0.3) is 0 Å². The third kappa shape index (κ3) is 3.58. The zero-order valence-electron chi connectivity index (χ0n) is 11.5. The summed E-state index contributed by atoms with van der Waals surface area (Å²) in [6.45, 7) is 4.10. The van der Waals surface area contributed by atoms with Crippen molar-refractivity contribution in [3.05, 3.63) is 38.8 Å². The van der Waals surface area contributed by atoms with Crippen molar-refractivity contribution in [1.29, 1.82) is 0 Å². The number of anilines is 2. The fraction of sp³-hybridized carbons (Fsp3) is 0.286. The summed E-state index contributed by atoms with van der Waals surface area (Å²) < 4.78 is 5.63. The summed E-state index contributed by atoms with van der Waals surface area (Å²) in [5, 5.41) is 5.91. The van der Waals surface area contributed by atoms with Gasteiger partial charge in [0.05, 0.1) is 24.9 Å². The summed E-state index contributed by atoms with van der Waals surface area (Å²) >= 11 is 5.02. The van der Waals surface area contributed by atoms with Crippen molar-refractivity contribution in [3.63, 3.8) is 0 Å². The highest BCUT2D eigenvalue weighted by Gasteiger charge is 2.10. The number of methoxy groups -OCH3 is 1. The van der Waals surface area contributed by atoms with Crippen LogP contribution in [0.1, 0.15) is 16.8 Å². The van der Waals surface area contributed by atoms with Crippen LogP contribution in [0, 0.1) is 13.8 Å². The summed E-state index contributed by atoms with van der Waals surface area (Å²) in [5.41, 5.74) is 4.05. The lowest BCUT2D eigenvalue weighted by Crippen LogP contribution is -2.04. The molecule has 0 aliphatic heterocycles. The first-order chi connectivity index (χ1) is 9.49. The Morgan fingerprint density at radius 2 is 2.20 bits per heavy atom. The molecule has 20 heavy (non-hydrogen) atoms. The van der Waals surface area contributed by atoms with Crippen LogP contribution in [0.5, 0.6) is 0 Å². The summed E-state index contributed by atoms with van der Waals surface area (Å²) in [4.78, 5) is 15.6. The highest BCUT2D eigenvalue weighted by molar-refractivity contribution is 9.10. The van der Waals surface area contributed by atoms with Crippen molar-refractivity contribution in [1.82, 2.24) is 4.98 Å². The van der Waals surface area contributed by atoms with E-state index in [0.717, 1.165) is 20.9 Å². The van der Waals surface area contributed by atoms with Crippen LogP contribution in [0.2, 0.25) is 0 Å². The number of nitrogens with zero attached hydrogens (tertiary/aromatic N) is 1. The number of esters is 1. The van der Waals surface area contributed by atoms with Crippen molar-refractivity contribution < 1.29 is 9.53 Å². The van der Waals surface area contributed by atoms with Gasteiger partial charge in [-0.05, 0) is 47.0 Å². The van der Waals surface area contributed by atoms with Crippen LogP contribution < -0.4 is 5.32 Å². The van der Waals surface area contributed by atoms with Gasteiger partial charge in [0.25, 0.3) is 0 Å². The summed E-state index contributed by atoms with van der Waals surface area (Å²) in [5.74, 6) is -0.283. The quantitative estimate of drug-likeness (QED) is 0.843. The number of halogens is 1. The van der Waals surface area contributed by atoms with Gasteiger partial charge in [-0.3, -0.25) is 4.79 Å². The van der Waals surface area contributed by atoms with E-state index in [1.165, 1.54) is 24.0 Å². The second-order valence-electron chi connectivity index (χ2n) is 4.46. The van der Waals surface area contributed by atoms with Crippen LogP contribution in [-0.4, -0.2) is 18.1 Å². The number of ether oxygens (including phenoxy) is 1. The number of rotatable bonds is 4. The lowest BCUT2D eigenvalue weighted by molar-refractivity contribution is -0.139. The molecule has 1 aromatic carbocycles. The minimum Gasteiger partial charge on any atom is -0.469 e. The molecule has 0 radical (unpaired) electrons. The Balaban J connectivity index is 2.17. The number of aryl methyl sites for hydroxylation is 2. The number of hydrogen-bond donors (Lipinski definition) is 1. The van der Waals surface area contributed by atoms with Gasteiger partial charge in [-0.25, -0.2) is 4.98 Å². The van der Waals surface area contributed by atoms with Crippen LogP contribution in [0.3, 0.4) is 0 Å². The number of benzene rings is 1. The topological polar surface area (TPSA) is 51.2 Å². The van der Waals surface area contributed by atoms with Gasteiger partial charge in [-0.2, -0.15) is 0 Å². The number of thiazole rings is 1. The Labute approximate surface area is 130 Å². The zero-order chi connectivity index (χ0) is 14.7. The second kappa shape index (κ2) is 6.37. The molecular formula is C14H15BrN2O2S. The molecule has 0 spiro atoms. The van der Waals surface area contributed by atoms with Gasteiger partial charge in [0.1, 0.15) is 0 Å². The lowest BCUT2D eigenvalue weighted by atomic mass is 10.1. The van der Waals surface area contributed by atoms with E-state index in [2.05, 4.69) is 50.0 Å². The average Bonchev–Trinajstić information content (AvgIpc) is 2.81. The number of carbonyl (C=O) groups is 1. The fourth-order valence-corrected chi connectivity index (χ4v) is 3.33. The van der Waals surface area contributed by atoms with Crippen LogP contribution in [-0.2, 0) is 16.0 Å². The minimum atomic E-state index is -0.283. The maximum Gasteiger partial charge on any atom is 0.311 e. The van der Waals surface area contributed by atoms with Gasteiger partial charge in [0.2, 0.25) is 0 Å². The van der Waals surface area contributed by atoms with E-state index in [0.29, 0.717) is 5.69 Å². The normalized spacial score (nSPS) is 10.4. The number of carbonyl (C=O) groups excluding carboxylic acids is 1. The second-order valence-corrected chi connectivity index (χ2v) is 6.17. The van der Waals surface area contributed by atoms with E-state index in [9.17, 15) is 4.79 Å². The van der Waals surface area contributed by atoms with E-state index in [-0.39, 0.29) is 12.4 Å². The van der Waals surface area contributed by atoms with Gasteiger partial charge in [0.15, 0.2) is 5.13 Å². The first-order valence-electron chi connectivity index (χ1n) is 6.04. The molecule has 0 aliphatic carbocycles. The van der Waals surface area contributed by atoms with Crippen molar-refractivity contribution in [2.24, 2.45) is 0 Å². The van der Waals surface area contributed by atoms with E-state index in [1.807, 2.05) is 12.3 Å². The molecule has 2 aromatic rings. The third-order valence-corrected chi connectivity index (χ3v) is 4.20. The van der Waals surface area contributed by atoms with Crippen LogP contribution in [0.4, 0.5) is 10.8 Å². The molecule has 4 nitrogen and oxygen atoms in total. The highest BCUT2D eigenvalue weighted by Crippen LogP contribution is 2.31. The van der Waals surface area contributed by atoms with Crippen molar-refractivity contribution >= 4 is 44.1 Å². The third-order valence-electron chi connectivity index (χ3n) is 2.77. The van der Waals surface area contributed by atoms with E-state index >= 15 is 0 Å². The Hall–Kier alpha value is -1.40. The van der Waals surface area contributed by atoms with E-state index in [1.54, 1.807) is 0 Å². The van der Waals surface area contributed by atoms with Crippen molar-refractivity contribution in [3.8, 4) is 0 Å². The lowest BCUT2D eigenvalue weighted by Gasteiger charge is -2.10. The predicted molar refractivity (Wildman–Crippen MR) is 84.7 cm³/mol. The summed E-state index contributed by atoms with van der Waals surface area (Å²) in [6.07, 6.45) is 0.197. The van der Waals surface area contributed by atoms with Crippen molar-refractivity contribution in [2.75, 3.05) is 12.4 Å². The Morgan fingerprint density at radius 3 is 2.85 bits per heavy atom. The zero-order valence-corrected chi connectivity index (χ0v) is 13.9. The number of hydrogen-bond acceptors (Lipinski definition) is 5. The van der Waals surface area contributed by atoms with Gasteiger partial charge in [0, 0.05) is 9.85 Å². The monoisotopic (exact) mass is 354 g/mol. The summed E-state index contributed by atoms with van der Waals surface area (Å²) in [6, 6.07) is 4.16. The van der Waals surface area contributed by atoms with Gasteiger partial charge >= 0.3 is 5.97 Å². The minimum absolute atomic E-state index is 0.197. The van der Waals surface area contributed by atoms with Crippen LogP contribution >= 0.6 is 27.3 Å². The Kier molecular flexibility index (Phi) is 4.77. The Morgan fingerprint density at radius 1 is 1.45 bits per heavy atom. The maximum absolute atomic E-state index is 11.2. The van der Waals surface area contributed by atoms with Crippen molar-refractivity contribution in [2.45, 2.75) is 20.3 Å². The molecule has 0 fully saturated rings. The molecule has 0 saturated carbocycles. The molecular weight excluding hydrogens is 340 g/mol. The molecule has 0 unspecified atom stereocenters. The maximum atomic E-state index is 11.2. The van der Waals surface area contributed by atoms with Gasteiger partial charge in [-0.1, -0.05) is 6.07 Å². The molecule has 0 amide bonds. The largest absolute Gasteiger partial charge is 0.469 e.